The van der Waals surface area contributed by atoms with Gasteiger partial charge in [0.2, 0.25) is 5.91 Å². The van der Waals surface area contributed by atoms with Gasteiger partial charge in [0, 0.05) is 36.4 Å². The first-order valence-electron chi connectivity index (χ1n) is 12.7. The molecule has 2 N–H and O–H groups in total. The van der Waals surface area contributed by atoms with E-state index < -0.39 is 6.04 Å². The predicted molar refractivity (Wildman–Crippen MR) is 155 cm³/mol. The van der Waals surface area contributed by atoms with Crippen LogP contribution in [0, 0.1) is 5.92 Å². The summed E-state index contributed by atoms with van der Waals surface area (Å²) in [6.45, 7) is 6.04. The number of ether oxygens (including phenoxy) is 1. The van der Waals surface area contributed by atoms with Crippen LogP contribution in [0.2, 0.25) is 10.0 Å². The zero-order valence-electron chi connectivity index (χ0n) is 22.3. The van der Waals surface area contributed by atoms with Gasteiger partial charge in [0.05, 0.1) is 35.6 Å². The van der Waals surface area contributed by atoms with E-state index in [2.05, 4.69) is 20.8 Å². The van der Waals surface area contributed by atoms with Crippen molar-refractivity contribution in [3.05, 3.63) is 69.5 Å². The van der Waals surface area contributed by atoms with Crippen LogP contribution < -0.4 is 10.6 Å². The molecule has 0 saturated carbocycles. The zero-order chi connectivity index (χ0) is 28.8. The molecular weight excluding hydrogens is 575 g/mol. The van der Waals surface area contributed by atoms with Gasteiger partial charge in [0.1, 0.15) is 0 Å². The number of amides is 3. The van der Waals surface area contributed by atoms with Gasteiger partial charge in [-0.05, 0) is 42.3 Å². The number of anilines is 1. The monoisotopic (exact) mass is 604 g/mol. The number of nitrogens with one attached hydrogen (secondary N) is 2. The fraction of sp³-hybridized carbons (Fsp3) is 0.370. The van der Waals surface area contributed by atoms with E-state index in [0.717, 1.165) is 0 Å². The zero-order valence-corrected chi connectivity index (χ0v) is 24.6. The number of hydrogen-bond donors (Lipinski definition) is 2. The van der Waals surface area contributed by atoms with Crippen molar-refractivity contribution in [1.29, 1.82) is 0 Å². The van der Waals surface area contributed by atoms with Crippen molar-refractivity contribution in [2.45, 2.75) is 25.0 Å². The van der Waals surface area contributed by atoms with Gasteiger partial charge in [-0.2, -0.15) is 0 Å². The Labute approximate surface area is 246 Å². The number of halogens is 2. The van der Waals surface area contributed by atoms with Crippen LogP contribution in [0.4, 0.5) is 5.69 Å². The summed E-state index contributed by atoms with van der Waals surface area (Å²) in [5.41, 5.74) is 1.35. The molecule has 212 valence electrons. The van der Waals surface area contributed by atoms with E-state index in [1.165, 1.54) is 17.8 Å². The van der Waals surface area contributed by atoms with Crippen LogP contribution in [-0.4, -0.2) is 69.4 Å². The molecule has 1 fully saturated rings. The molecule has 1 aromatic heterocycles. The molecule has 0 unspecified atom stereocenters. The molecule has 0 aliphatic carbocycles. The number of carbonyl (C=O) groups is 3. The number of nitrogens with zero attached hydrogens (tertiary/aromatic N) is 4. The highest BCUT2D eigenvalue weighted by atomic mass is 35.5. The van der Waals surface area contributed by atoms with E-state index >= 15 is 0 Å². The summed E-state index contributed by atoms with van der Waals surface area (Å²) < 4.78 is 7.07. The Morgan fingerprint density at radius 1 is 1.07 bits per heavy atom. The average molecular weight is 606 g/mol. The molecule has 40 heavy (non-hydrogen) atoms. The molecule has 0 radical (unpaired) electrons. The minimum atomic E-state index is -0.452. The van der Waals surface area contributed by atoms with E-state index in [1.54, 1.807) is 52.9 Å². The Hall–Kier alpha value is -3.12. The number of hydrogen-bond acceptors (Lipinski definition) is 7. The molecule has 1 aliphatic rings. The lowest BCUT2D eigenvalue weighted by Crippen LogP contribution is -2.40. The molecule has 4 rings (SSSR count). The second-order valence-electron chi connectivity index (χ2n) is 9.54. The third kappa shape index (κ3) is 7.34. The quantitative estimate of drug-likeness (QED) is 0.346. The molecule has 1 aliphatic heterocycles. The largest absolute Gasteiger partial charge is 0.378 e. The Bertz CT molecular complexity index is 1390. The fourth-order valence-corrected chi connectivity index (χ4v) is 5.36. The summed E-state index contributed by atoms with van der Waals surface area (Å²) in [5, 5.41) is 15.6. The van der Waals surface area contributed by atoms with Crippen LogP contribution in [0.25, 0.3) is 0 Å². The Kier molecular flexibility index (Phi) is 10.1. The maximum absolute atomic E-state index is 12.9. The number of morpholine rings is 1. The van der Waals surface area contributed by atoms with Crippen LogP contribution in [0.1, 0.15) is 46.4 Å². The van der Waals surface area contributed by atoms with Crippen molar-refractivity contribution in [1.82, 2.24) is 25.0 Å². The van der Waals surface area contributed by atoms with Crippen LogP contribution in [0.15, 0.2) is 47.6 Å². The Balaban J connectivity index is 1.37. The number of thioether (sulfide) groups is 1. The van der Waals surface area contributed by atoms with Crippen molar-refractivity contribution < 1.29 is 19.1 Å². The fourth-order valence-electron chi connectivity index (χ4n) is 4.15. The van der Waals surface area contributed by atoms with E-state index in [0.29, 0.717) is 59.1 Å². The second-order valence-corrected chi connectivity index (χ2v) is 11.3. The molecule has 1 saturated heterocycles. The topological polar surface area (TPSA) is 118 Å². The first kappa shape index (κ1) is 29.9. The maximum atomic E-state index is 12.9. The highest BCUT2D eigenvalue weighted by Crippen LogP contribution is 2.26. The summed E-state index contributed by atoms with van der Waals surface area (Å²) in [5.74, 6) is -0.0854. The highest BCUT2D eigenvalue weighted by Gasteiger charge is 2.26. The molecular formula is C27H30Cl2N6O4S. The van der Waals surface area contributed by atoms with Gasteiger partial charge in [0.15, 0.2) is 11.0 Å². The minimum Gasteiger partial charge on any atom is -0.378 e. The van der Waals surface area contributed by atoms with E-state index in [-0.39, 0.29) is 34.4 Å². The Morgan fingerprint density at radius 3 is 2.52 bits per heavy atom. The van der Waals surface area contributed by atoms with E-state index in [9.17, 15) is 14.4 Å². The van der Waals surface area contributed by atoms with Gasteiger partial charge in [-0.3, -0.25) is 14.4 Å². The number of rotatable bonds is 9. The summed E-state index contributed by atoms with van der Waals surface area (Å²) in [4.78, 5) is 40.2. The molecule has 2 heterocycles. The van der Waals surface area contributed by atoms with Crippen LogP contribution in [0.3, 0.4) is 0 Å². The summed E-state index contributed by atoms with van der Waals surface area (Å²) in [7, 11) is 1.78. The smallest absolute Gasteiger partial charge is 0.254 e. The first-order valence-corrected chi connectivity index (χ1v) is 14.4. The number of benzene rings is 2. The lowest BCUT2D eigenvalue weighted by Gasteiger charge is -2.27. The van der Waals surface area contributed by atoms with Gasteiger partial charge < -0.3 is 24.8 Å². The van der Waals surface area contributed by atoms with Crippen molar-refractivity contribution in [3.63, 3.8) is 0 Å². The molecule has 3 aromatic rings. The lowest BCUT2D eigenvalue weighted by atomic mass is 10.0. The standard InChI is InChI=1S/C27H30Cl2N6O4S/c1-16(2)23(31-25(37)20-8-7-18(28)14-21(20)29)24-32-33-27(34(24)3)40-15-22(36)30-19-6-4-5-17(13-19)26(38)35-9-11-39-12-10-35/h4-8,13-14,16,23H,9-12,15H2,1-3H3,(H,30,36)(H,31,37)/t23-/m1/s1. The minimum absolute atomic E-state index is 0.00785. The third-order valence-corrected chi connectivity index (χ3v) is 7.87. The number of aromatic nitrogens is 3. The normalized spacial score (nSPS) is 14.2. The molecule has 10 nitrogen and oxygen atoms in total. The summed E-state index contributed by atoms with van der Waals surface area (Å²) >= 11 is 13.4. The van der Waals surface area contributed by atoms with Crippen molar-refractivity contribution in [2.24, 2.45) is 13.0 Å². The van der Waals surface area contributed by atoms with Gasteiger partial charge in [-0.1, -0.05) is 54.9 Å². The molecule has 1 atom stereocenters. The molecule has 0 spiro atoms. The summed E-state index contributed by atoms with van der Waals surface area (Å²) in [6.07, 6.45) is 0. The molecule has 0 bridgehead atoms. The lowest BCUT2D eigenvalue weighted by molar-refractivity contribution is -0.113. The first-order chi connectivity index (χ1) is 19.1. The second kappa shape index (κ2) is 13.5. The maximum Gasteiger partial charge on any atom is 0.254 e. The van der Waals surface area contributed by atoms with Gasteiger partial charge in [-0.25, -0.2) is 0 Å². The SMILES string of the molecule is CC(C)[C@@H](NC(=O)c1ccc(Cl)cc1Cl)c1nnc(SCC(=O)Nc2cccc(C(=O)N3CCOCC3)c2)n1C. The third-order valence-electron chi connectivity index (χ3n) is 6.30. The Morgan fingerprint density at radius 2 is 1.82 bits per heavy atom. The van der Waals surface area contributed by atoms with Crippen molar-refractivity contribution in [2.75, 3.05) is 37.4 Å². The van der Waals surface area contributed by atoms with Gasteiger partial charge in [-0.15, -0.1) is 10.2 Å². The summed E-state index contributed by atoms with van der Waals surface area (Å²) in [6, 6.07) is 11.1. The van der Waals surface area contributed by atoms with E-state index in [1.807, 2.05) is 13.8 Å². The van der Waals surface area contributed by atoms with Crippen molar-refractivity contribution in [3.8, 4) is 0 Å². The van der Waals surface area contributed by atoms with Crippen LogP contribution in [-0.2, 0) is 16.6 Å². The number of carbonyl (C=O) groups excluding carboxylic acids is 3. The predicted octanol–water partition coefficient (Wildman–Crippen LogP) is 4.45. The van der Waals surface area contributed by atoms with Crippen LogP contribution in [0.5, 0.6) is 0 Å². The van der Waals surface area contributed by atoms with E-state index in [4.69, 9.17) is 27.9 Å². The average Bonchev–Trinajstić information content (AvgIpc) is 3.30. The highest BCUT2D eigenvalue weighted by molar-refractivity contribution is 7.99. The van der Waals surface area contributed by atoms with Crippen molar-refractivity contribution >= 4 is 58.4 Å². The van der Waals surface area contributed by atoms with Gasteiger partial charge >= 0.3 is 0 Å². The van der Waals surface area contributed by atoms with Crippen LogP contribution >= 0.6 is 35.0 Å². The molecule has 2 aromatic carbocycles. The molecule has 3 amide bonds. The molecule has 13 heteroatoms. The van der Waals surface area contributed by atoms with Gasteiger partial charge in [0.25, 0.3) is 11.8 Å².